The summed E-state index contributed by atoms with van der Waals surface area (Å²) in [6, 6.07) is -0.240. The quantitative estimate of drug-likeness (QED) is 0.880. The Morgan fingerprint density at radius 1 is 1.53 bits per heavy atom. The SMILES string of the molecule is CC(C(N)=O)N(C)Cc1nc2c(s1)CCCC2. The molecule has 1 aromatic rings. The van der Waals surface area contributed by atoms with E-state index in [9.17, 15) is 4.79 Å². The normalized spacial score (nSPS) is 16.9. The number of aryl methyl sites for hydroxylation is 2. The molecule has 1 amide bonds. The lowest BCUT2D eigenvalue weighted by Gasteiger charge is -2.20. The van der Waals surface area contributed by atoms with E-state index < -0.39 is 0 Å². The van der Waals surface area contributed by atoms with E-state index in [1.165, 1.54) is 29.8 Å². The molecule has 4 nitrogen and oxygen atoms in total. The standard InChI is InChI=1S/C12H19N3OS/c1-8(12(13)16)15(2)7-11-14-9-5-3-4-6-10(9)17-11/h8H,3-7H2,1-2H3,(H2,13,16). The fraction of sp³-hybridized carbons (Fsp3) is 0.667. The molecule has 1 aromatic heterocycles. The summed E-state index contributed by atoms with van der Waals surface area (Å²) >= 11 is 1.79. The van der Waals surface area contributed by atoms with Gasteiger partial charge >= 0.3 is 0 Å². The molecule has 0 aromatic carbocycles. The Hall–Kier alpha value is -0.940. The van der Waals surface area contributed by atoms with E-state index in [2.05, 4.69) is 4.98 Å². The number of hydrogen-bond acceptors (Lipinski definition) is 4. The number of rotatable bonds is 4. The predicted molar refractivity (Wildman–Crippen MR) is 68.9 cm³/mol. The third kappa shape index (κ3) is 2.84. The van der Waals surface area contributed by atoms with Crippen LogP contribution >= 0.6 is 11.3 Å². The Kier molecular flexibility index (Phi) is 3.79. The number of amides is 1. The van der Waals surface area contributed by atoms with E-state index in [1.807, 2.05) is 18.9 Å². The number of carbonyl (C=O) groups is 1. The number of nitrogens with zero attached hydrogens (tertiary/aromatic N) is 2. The first-order chi connectivity index (χ1) is 8.08. The molecular formula is C12H19N3OS. The van der Waals surface area contributed by atoms with Gasteiger partial charge in [-0.2, -0.15) is 0 Å². The Balaban J connectivity index is 2.03. The van der Waals surface area contributed by atoms with Crippen LogP contribution in [0.1, 0.15) is 35.3 Å². The zero-order chi connectivity index (χ0) is 12.4. The lowest BCUT2D eigenvalue weighted by atomic mass is 10.0. The number of primary amides is 1. The Morgan fingerprint density at radius 2 is 2.24 bits per heavy atom. The van der Waals surface area contributed by atoms with Crippen LogP contribution in [0.15, 0.2) is 0 Å². The van der Waals surface area contributed by atoms with Crippen LogP contribution in [0.5, 0.6) is 0 Å². The largest absolute Gasteiger partial charge is 0.368 e. The van der Waals surface area contributed by atoms with Gasteiger partial charge in [-0.15, -0.1) is 11.3 Å². The van der Waals surface area contributed by atoms with E-state index in [0.29, 0.717) is 6.54 Å². The van der Waals surface area contributed by atoms with Gasteiger partial charge in [0.25, 0.3) is 0 Å². The summed E-state index contributed by atoms with van der Waals surface area (Å²) in [5, 5.41) is 1.10. The first-order valence-corrected chi connectivity index (χ1v) is 6.86. The van der Waals surface area contributed by atoms with Crippen LogP contribution in [-0.2, 0) is 24.2 Å². The molecule has 0 aliphatic heterocycles. The molecule has 0 fully saturated rings. The summed E-state index contributed by atoms with van der Waals surface area (Å²) in [7, 11) is 1.91. The maximum Gasteiger partial charge on any atom is 0.234 e. The van der Waals surface area contributed by atoms with Crippen molar-refractivity contribution in [1.29, 1.82) is 0 Å². The Labute approximate surface area is 106 Å². The fourth-order valence-electron chi connectivity index (χ4n) is 2.04. The highest BCUT2D eigenvalue weighted by molar-refractivity contribution is 7.11. The van der Waals surface area contributed by atoms with Gasteiger partial charge in [0.05, 0.1) is 18.3 Å². The van der Waals surface area contributed by atoms with Crippen LogP contribution in [0.4, 0.5) is 0 Å². The zero-order valence-electron chi connectivity index (χ0n) is 10.4. The molecule has 94 valence electrons. The van der Waals surface area contributed by atoms with E-state index in [4.69, 9.17) is 5.73 Å². The highest BCUT2D eigenvalue weighted by Crippen LogP contribution is 2.27. The van der Waals surface area contributed by atoms with Crippen molar-refractivity contribution in [3.05, 3.63) is 15.6 Å². The number of thiazole rings is 1. The summed E-state index contributed by atoms with van der Waals surface area (Å²) in [5.41, 5.74) is 6.56. The zero-order valence-corrected chi connectivity index (χ0v) is 11.2. The van der Waals surface area contributed by atoms with Crippen molar-refractivity contribution >= 4 is 17.2 Å². The predicted octanol–water partition coefficient (Wildman–Crippen LogP) is 1.33. The number of likely N-dealkylation sites (N-methyl/N-ethyl adjacent to an activating group) is 1. The molecule has 0 saturated heterocycles. The molecule has 5 heteroatoms. The van der Waals surface area contributed by atoms with Crippen molar-refractivity contribution in [2.24, 2.45) is 5.73 Å². The van der Waals surface area contributed by atoms with Crippen LogP contribution in [0, 0.1) is 0 Å². The van der Waals surface area contributed by atoms with Crippen LogP contribution in [0.3, 0.4) is 0 Å². The second-order valence-corrected chi connectivity index (χ2v) is 5.85. The third-order valence-corrected chi connectivity index (χ3v) is 4.49. The molecule has 0 spiro atoms. The summed E-state index contributed by atoms with van der Waals surface area (Å²) in [6.07, 6.45) is 4.81. The van der Waals surface area contributed by atoms with Gasteiger partial charge in [0.2, 0.25) is 5.91 Å². The molecule has 1 aliphatic carbocycles. The van der Waals surface area contributed by atoms with Crippen molar-refractivity contribution in [3.8, 4) is 0 Å². The van der Waals surface area contributed by atoms with Crippen molar-refractivity contribution < 1.29 is 4.79 Å². The number of nitrogens with two attached hydrogens (primary N) is 1. The average Bonchev–Trinajstić information content (AvgIpc) is 2.69. The second kappa shape index (κ2) is 5.14. The summed E-state index contributed by atoms with van der Waals surface area (Å²) in [6.45, 7) is 2.54. The maximum absolute atomic E-state index is 11.1. The van der Waals surface area contributed by atoms with Gasteiger partial charge in [0, 0.05) is 4.88 Å². The van der Waals surface area contributed by atoms with Gasteiger partial charge < -0.3 is 5.73 Å². The molecule has 0 radical (unpaired) electrons. The molecule has 1 aliphatic rings. The highest BCUT2D eigenvalue weighted by atomic mass is 32.1. The smallest absolute Gasteiger partial charge is 0.234 e. The second-order valence-electron chi connectivity index (χ2n) is 4.68. The summed E-state index contributed by atoms with van der Waals surface area (Å²) in [5.74, 6) is -0.284. The molecule has 1 atom stereocenters. The molecule has 0 bridgehead atoms. The summed E-state index contributed by atoms with van der Waals surface area (Å²) in [4.78, 5) is 19.1. The lowest BCUT2D eigenvalue weighted by molar-refractivity contribution is -0.122. The maximum atomic E-state index is 11.1. The van der Waals surface area contributed by atoms with Crippen LogP contribution < -0.4 is 5.73 Å². The minimum Gasteiger partial charge on any atom is -0.368 e. The lowest BCUT2D eigenvalue weighted by Crippen LogP contribution is -2.39. The first-order valence-electron chi connectivity index (χ1n) is 6.05. The van der Waals surface area contributed by atoms with E-state index in [-0.39, 0.29) is 11.9 Å². The molecule has 17 heavy (non-hydrogen) atoms. The molecular weight excluding hydrogens is 234 g/mol. The molecule has 0 saturated carbocycles. The molecule has 1 heterocycles. The molecule has 2 rings (SSSR count). The monoisotopic (exact) mass is 253 g/mol. The Bertz CT molecular complexity index is 392. The van der Waals surface area contributed by atoms with Gasteiger partial charge in [-0.25, -0.2) is 4.98 Å². The Morgan fingerprint density at radius 3 is 2.88 bits per heavy atom. The number of carbonyl (C=O) groups excluding carboxylic acids is 1. The number of hydrogen-bond donors (Lipinski definition) is 1. The van der Waals surface area contributed by atoms with Crippen molar-refractivity contribution in [1.82, 2.24) is 9.88 Å². The van der Waals surface area contributed by atoms with E-state index in [1.54, 1.807) is 11.3 Å². The van der Waals surface area contributed by atoms with E-state index in [0.717, 1.165) is 11.4 Å². The third-order valence-electron chi connectivity index (χ3n) is 3.35. The van der Waals surface area contributed by atoms with Gasteiger partial charge in [-0.3, -0.25) is 9.69 Å². The first kappa shape index (κ1) is 12.5. The van der Waals surface area contributed by atoms with Crippen molar-refractivity contribution in [2.45, 2.75) is 45.2 Å². The summed E-state index contributed by atoms with van der Waals surface area (Å²) < 4.78 is 0. The minimum atomic E-state index is -0.284. The van der Waals surface area contributed by atoms with Crippen LogP contribution in [-0.4, -0.2) is 28.9 Å². The fourth-order valence-corrected chi connectivity index (χ4v) is 3.26. The highest BCUT2D eigenvalue weighted by Gasteiger charge is 2.19. The molecule has 1 unspecified atom stereocenters. The topological polar surface area (TPSA) is 59.2 Å². The average molecular weight is 253 g/mol. The van der Waals surface area contributed by atoms with Crippen LogP contribution in [0.25, 0.3) is 0 Å². The van der Waals surface area contributed by atoms with Gasteiger partial charge in [-0.05, 0) is 39.7 Å². The van der Waals surface area contributed by atoms with Crippen molar-refractivity contribution in [3.63, 3.8) is 0 Å². The van der Waals surface area contributed by atoms with Gasteiger partial charge in [0.15, 0.2) is 0 Å². The number of fused-ring (bicyclic) bond motifs is 1. The minimum absolute atomic E-state index is 0.240. The van der Waals surface area contributed by atoms with Gasteiger partial charge in [0.1, 0.15) is 5.01 Å². The van der Waals surface area contributed by atoms with E-state index >= 15 is 0 Å². The van der Waals surface area contributed by atoms with Crippen molar-refractivity contribution in [2.75, 3.05) is 7.05 Å². The van der Waals surface area contributed by atoms with Gasteiger partial charge in [-0.1, -0.05) is 0 Å². The molecule has 2 N–H and O–H groups in total. The van der Waals surface area contributed by atoms with Crippen LogP contribution in [0.2, 0.25) is 0 Å². The number of aromatic nitrogens is 1.